The number of halogens is 1. The van der Waals surface area contributed by atoms with Crippen LogP contribution in [0.5, 0.6) is 5.75 Å². The fraction of sp³-hybridized carbons (Fsp3) is 0.350. The number of hydrogen-bond acceptors (Lipinski definition) is 5. The number of sulfone groups is 1. The molecule has 0 spiro atoms. The van der Waals surface area contributed by atoms with Crippen molar-refractivity contribution in [3.63, 3.8) is 0 Å². The topological polar surface area (TPSA) is 66.9 Å². The van der Waals surface area contributed by atoms with Gasteiger partial charge >= 0.3 is 0 Å². The van der Waals surface area contributed by atoms with E-state index in [0.717, 1.165) is 11.3 Å². The summed E-state index contributed by atoms with van der Waals surface area (Å²) in [7, 11) is -1.62. The van der Waals surface area contributed by atoms with Crippen LogP contribution in [0.2, 0.25) is 5.02 Å². The van der Waals surface area contributed by atoms with Crippen molar-refractivity contribution < 1.29 is 17.9 Å². The van der Waals surface area contributed by atoms with E-state index in [1.807, 2.05) is 29.2 Å². The standard InChI is InChI=1S/C20H21ClN2O4S/c1-27-17-7-5-14(6-8-17)10-22-11-20(24)23(16-4-2-3-15(21)9-16)19-13-28(25,26)12-18(19)22/h2-9,18-19H,10-13H2,1H3/t18-,19+/m0/s1. The Labute approximate surface area is 169 Å². The minimum atomic E-state index is -3.23. The Morgan fingerprint density at radius 3 is 2.50 bits per heavy atom. The van der Waals surface area contributed by atoms with E-state index in [1.54, 1.807) is 36.3 Å². The fourth-order valence-corrected chi connectivity index (χ4v) is 6.22. The van der Waals surface area contributed by atoms with Crippen molar-refractivity contribution in [2.24, 2.45) is 0 Å². The molecular formula is C20H21ClN2O4S. The lowest BCUT2D eigenvalue weighted by Gasteiger charge is -2.43. The number of methoxy groups -OCH3 is 1. The Morgan fingerprint density at radius 1 is 1.11 bits per heavy atom. The van der Waals surface area contributed by atoms with Gasteiger partial charge in [-0.1, -0.05) is 29.8 Å². The summed E-state index contributed by atoms with van der Waals surface area (Å²) >= 11 is 6.09. The number of ether oxygens (including phenoxy) is 1. The van der Waals surface area contributed by atoms with Crippen LogP contribution in [0.25, 0.3) is 0 Å². The fourth-order valence-electron chi connectivity index (χ4n) is 4.06. The van der Waals surface area contributed by atoms with Crippen molar-refractivity contribution in [1.82, 2.24) is 4.90 Å². The molecule has 1 amide bonds. The molecule has 148 valence electrons. The van der Waals surface area contributed by atoms with Gasteiger partial charge in [0.1, 0.15) is 5.75 Å². The van der Waals surface area contributed by atoms with E-state index in [9.17, 15) is 13.2 Å². The molecule has 6 nitrogen and oxygen atoms in total. The largest absolute Gasteiger partial charge is 0.497 e. The third-order valence-electron chi connectivity index (χ3n) is 5.33. The zero-order valence-electron chi connectivity index (χ0n) is 15.4. The summed E-state index contributed by atoms with van der Waals surface area (Å²) in [5.74, 6) is 0.661. The summed E-state index contributed by atoms with van der Waals surface area (Å²) in [6.45, 7) is 0.672. The predicted molar refractivity (Wildman–Crippen MR) is 109 cm³/mol. The number of carbonyl (C=O) groups excluding carboxylic acids is 1. The lowest BCUT2D eigenvalue weighted by molar-refractivity contribution is -0.123. The van der Waals surface area contributed by atoms with Crippen LogP contribution < -0.4 is 9.64 Å². The van der Waals surface area contributed by atoms with Gasteiger partial charge in [-0.2, -0.15) is 0 Å². The van der Waals surface area contributed by atoms with Gasteiger partial charge in [-0.05, 0) is 35.9 Å². The third-order valence-corrected chi connectivity index (χ3v) is 7.27. The molecule has 0 saturated carbocycles. The summed E-state index contributed by atoms with van der Waals surface area (Å²) in [4.78, 5) is 16.6. The first-order chi connectivity index (χ1) is 13.4. The second kappa shape index (κ2) is 7.39. The van der Waals surface area contributed by atoms with Crippen molar-refractivity contribution >= 4 is 33.0 Å². The second-order valence-electron chi connectivity index (χ2n) is 7.21. The normalized spacial score (nSPS) is 24.2. The van der Waals surface area contributed by atoms with Crippen molar-refractivity contribution in [3.8, 4) is 5.75 Å². The molecule has 0 bridgehead atoms. The minimum Gasteiger partial charge on any atom is -0.497 e. The molecule has 2 heterocycles. The monoisotopic (exact) mass is 420 g/mol. The zero-order valence-corrected chi connectivity index (χ0v) is 17.0. The summed E-state index contributed by atoms with van der Waals surface area (Å²) in [5.41, 5.74) is 1.65. The van der Waals surface area contributed by atoms with Crippen LogP contribution in [0.3, 0.4) is 0 Å². The van der Waals surface area contributed by atoms with Crippen LogP contribution in [-0.4, -0.2) is 56.5 Å². The second-order valence-corrected chi connectivity index (χ2v) is 9.80. The highest BCUT2D eigenvalue weighted by Gasteiger charge is 2.49. The molecule has 0 N–H and O–H groups in total. The maximum Gasteiger partial charge on any atom is 0.241 e. The van der Waals surface area contributed by atoms with Gasteiger partial charge in [0.2, 0.25) is 5.91 Å². The quantitative estimate of drug-likeness (QED) is 0.759. The van der Waals surface area contributed by atoms with Gasteiger partial charge in [-0.3, -0.25) is 9.69 Å². The summed E-state index contributed by atoms with van der Waals surface area (Å²) in [6.07, 6.45) is 0. The summed E-state index contributed by atoms with van der Waals surface area (Å²) in [5, 5.41) is 0.517. The van der Waals surface area contributed by atoms with Crippen molar-refractivity contribution in [1.29, 1.82) is 0 Å². The van der Waals surface area contributed by atoms with E-state index >= 15 is 0 Å². The first kappa shape index (κ1) is 19.2. The minimum absolute atomic E-state index is 0.0327. The summed E-state index contributed by atoms with van der Waals surface area (Å²) < 4.78 is 30.0. The molecule has 2 saturated heterocycles. The number of anilines is 1. The van der Waals surface area contributed by atoms with Crippen LogP contribution in [0.15, 0.2) is 48.5 Å². The van der Waals surface area contributed by atoms with Crippen LogP contribution in [0, 0.1) is 0 Å². The number of carbonyl (C=O) groups is 1. The molecule has 0 aliphatic carbocycles. The molecule has 2 atom stereocenters. The molecule has 2 aromatic rings. The van der Waals surface area contributed by atoms with Crippen LogP contribution >= 0.6 is 11.6 Å². The van der Waals surface area contributed by atoms with E-state index in [2.05, 4.69) is 0 Å². The van der Waals surface area contributed by atoms with E-state index in [-0.39, 0.29) is 30.0 Å². The third kappa shape index (κ3) is 3.74. The maximum absolute atomic E-state index is 13.0. The summed E-state index contributed by atoms with van der Waals surface area (Å²) in [6, 6.07) is 13.9. The Hall–Kier alpha value is -2.09. The number of piperazine rings is 1. The Bertz CT molecular complexity index is 994. The van der Waals surface area contributed by atoms with Crippen LogP contribution in [0.1, 0.15) is 5.56 Å². The van der Waals surface area contributed by atoms with E-state index in [1.165, 1.54) is 0 Å². The Balaban J connectivity index is 1.64. The molecule has 28 heavy (non-hydrogen) atoms. The number of nitrogens with zero attached hydrogens (tertiary/aromatic N) is 2. The van der Waals surface area contributed by atoms with Gasteiger partial charge in [0, 0.05) is 23.3 Å². The molecule has 8 heteroatoms. The molecule has 2 aliphatic heterocycles. The van der Waals surface area contributed by atoms with Crippen LogP contribution in [-0.2, 0) is 21.2 Å². The number of fused-ring (bicyclic) bond motifs is 1. The number of rotatable bonds is 4. The highest BCUT2D eigenvalue weighted by molar-refractivity contribution is 7.91. The smallest absolute Gasteiger partial charge is 0.241 e. The predicted octanol–water partition coefficient (Wildman–Crippen LogP) is 2.36. The van der Waals surface area contributed by atoms with Crippen LogP contribution in [0.4, 0.5) is 5.69 Å². The van der Waals surface area contributed by atoms with Gasteiger partial charge in [0.15, 0.2) is 9.84 Å². The molecule has 4 rings (SSSR count). The van der Waals surface area contributed by atoms with Gasteiger partial charge < -0.3 is 9.64 Å². The average Bonchev–Trinajstić information content (AvgIpc) is 2.97. The number of benzene rings is 2. The molecular weight excluding hydrogens is 400 g/mol. The van der Waals surface area contributed by atoms with Gasteiger partial charge in [-0.15, -0.1) is 0 Å². The van der Waals surface area contributed by atoms with Crippen molar-refractivity contribution in [2.75, 3.05) is 30.1 Å². The number of amides is 1. The van der Waals surface area contributed by atoms with Crippen molar-refractivity contribution in [3.05, 3.63) is 59.1 Å². The average molecular weight is 421 g/mol. The van der Waals surface area contributed by atoms with Gasteiger partial charge in [0.05, 0.1) is 31.2 Å². The lowest BCUT2D eigenvalue weighted by atomic mass is 10.0. The van der Waals surface area contributed by atoms with Gasteiger partial charge in [-0.25, -0.2) is 8.42 Å². The zero-order chi connectivity index (χ0) is 19.9. The number of hydrogen-bond donors (Lipinski definition) is 0. The molecule has 2 fully saturated rings. The molecule has 0 radical (unpaired) electrons. The highest BCUT2D eigenvalue weighted by atomic mass is 35.5. The molecule has 0 unspecified atom stereocenters. The first-order valence-electron chi connectivity index (χ1n) is 9.01. The lowest BCUT2D eigenvalue weighted by Crippen LogP contribution is -2.61. The first-order valence-corrected chi connectivity index (χ1v) is 11.2. The molecule has 2 aliphatic rings. The maximum atomic E-state index is 13.0. The molecule has 0 aromatic heterocycles. The van der Waals surface area contributed by atoms with Crippen molar-refractivity contribution in [2.45, 2.75) is 18.6 Å². The van der Waals surface area contributed by atoms with Gasteiger partial charge in [0.25, 0.3) is 0 Å². The molecule has 2 aromatic carbocycles. The Kier molecular flexibility index (Phi) is 5.07. The SMILES string of the molecule is COc1ccc(CN2CC(=O)N(c3cccc(Cl)c3)[C@@H]3CS(=O)(=O)C[C@@H]32)cc1. The van der Waals surface area contributed by atoms with E-state index < -0.39 is 15.9 Å². The highest BCUT2D eigenvalue weighted by Crippen LogP contribution is 2.33. The Morgan fingerprint density at radius 2 is 1.82 bits per heavy atom. The van der Waals surface area contributed by atoms with E-state index in [0.29, 0.717) is 17.3 Å². The van der Waals surface area contributed by atoms with E-state index in [4.69, 9.17) is 16.3 Å².